The van der Waals surface area contributed by atoms with Crippen LogP contribution in [-0.4, -0.2) is 23.9 Å². The number of carbonyl (C=O) groups is 3. The lowest BCUT2D eigenvalue weighted by Gasteiger charge is -2.08. The molecule has 1 heterocycles. The molecule has 6 nitrogen and oxygen atoms in total. The summed E-state index contributed by atoms with van der Waals surface area (Å²) in [7, 11) is 0. The van der Waals surface area contributed by atoms with Crippen LogP contribution < -0.4 is 16.0 Å². The first-order chi connectivity index (χ1) is 9.58. The van der Waals surface area contributed by atoms with E-state index in [9.17, 15) is 14.4 Å². The molecule has 1 atom stereocenters. The van der Waals surface area contributed by atoms with E-state index >= 15 is 0 Å². The molecule has 0 unspecified atom stereocenters. The van der Waals surface area contributed by atoms with Crippen LogP contribution in [0.25, 0.3) is 0 Å². The lowest BCUT2D eigenvalue weighted by Crippen LogP contribution is -2.30. The molecule has 0 saturated carbocycles. The van der Waals surface area contributed by atoms with E-state index < -0.39 is 12.1 Å². The molecule has 0 spiro atoms. The maximum absolute atomic E-state index is 11.8. The van der Waals surface area contributed by atoms with Gasteiger partial charge in [0.2, 0.25) is 5.91 Å². The molecule has 0 aromatic heterocycles. The fourth-order valence-electron chi connectivity index (χ4n) is 2.03. The molecule has 1 saturated heterocycles. The number of imide groups is 1. The smallest absolute Gasteiger partial charge is 0.322 e. The Bertz CT molecular complexity index is 542. The SMILES string of the molecule is CCc1cccc(NC(=O)CC[C@@H]2NC(=O)NC2=O)c1. The summed E-state index contributed by atoms with van der Waals surface area (Å²) >= 11 is 0. The van der Waals surface area contributed by atoms with Crippen molar-refractivity contribution in [2.45, 2.75) is 32.2 Å². The van der Waals surface area contributed by atoms with Gasteiger partial charge < -0.3 is 10.6 Å². The Morgan fingerprint density at radius 3 is 2.80 bits per heavy atom. The highest BCUT2D eigenvalue weighted by molar-refractivity contribution is 6.04. The van der Waals surface area contributed by atoms with Crippen molar-refractivity contribution in [3.8, 4) is 0 Å². The number of aryl methyl sites for hydroxylation is 1. The molecule has 1 aromatic carbocycles. The van der Waals surface area contributed by atoms with Crippen LogP contribution in [0.3, 0.4) is 0 Å². The average molecular weight is 275 g/mol. The van der Waals surface area contributed by atoms with Crippen molar-refractivity contribution in [2.24, 2.45) is 0 Å². The minimum atomic E-state index is -0.616. The highest BCUT2D eigenvalue weighted by Crippen LogP contribution is 2.12. The maximum atomic E-state index is 11.8. The van der Waals surface area contributed by atoms with Gasteiger partial charge in [0.05, 0.1) is 0 Å². The van der Waals surface area contributed by atoms with Gasteiger partial charge in [0.1, 0.15) is 6.04 Å². The van der Waals surface area contributed by atoms with Crippen LogP contribution in [0.2, 0.25) is 0 Å². The molecule has 1 aliphatic heterocycles. The molecular weight excluding hydrogens is 258 g/mol. The third-order valence-electron chi connectivity index (χ3n) is 3.14. The van der Waals surface area contributed by atoms with Crippen LogP contribution in [0.4, 0.5) is 10.5 Å². The van der Waals surface area contributed by atoms with Crippen LogP contribution in [0.1, 0.15) is 25.3 Å². The van der Waals surface area contributed by atoms with E-state index in [1.165, 1.54) is 0 Å². The molecule has 0 aliphatic carbocycles. The first-order valence-electron chi connectivity index (χ1n) is 6.58. The second-order valence-electron chi connectivity index (χ2n) is 4.66. The predicted molar refractivity (Wildman–Crippen MR) is 74.1 cm³/mol. The predicted octanol–water partition coefficient (Wildman–Crippen LogP) is 1.18. The quantitative estimate of drug-likeness (QED) is 0.705. The summed E-state index contributed by atoms with van der Waals surface area (Å²) in [6.45, 7) is 2.04. The number of rotatable bonds is 5. The van der Waals surface area contributed by atoms with E-state index in [0.717, 1.165) is 17.7 Å². The Labute approximate surface area is 116 Å². The fraction of sp³-hybridized carbons (Fsp3) is 0.357. The summed E-state index contributed by atoms with van der Waals surface area (Å²) in [6.07, 6.45) is 1.36. The van der Waals surface area contributed by atoms with E-state index in [1.807, 2.05) is 31.2 Å². The van der Waals surface area contributed by atoms with Crippen molar-refractivity contribution in [3.05, 3.63) is 29.8 Å². The van der Waals surface area contributed by atoms with Crippen molar-refractivity contribution in [2.75, 3.05) is 5.32 Å². The zero-order valence-corrected chi connectivity index (χ0v) is 11.2. The van der Waals surface area contributed by atoms with Crippen LogP contribution >= 0.6 is 0 Å². The molecular formula is C14H17N3O3. The first kappa shape index (κ1) is 14.0. The number of urea groups is 1. The number of amides is 4. The second kappa shape index (κ2) is 6.18. The molecule has 3 N–H and O–H groups in total. The molecule has 1 aliphatic rings. The van der Waals surface area contributed by atoms with Crippen LogP contribution in [0.5, 0.6) is 0 Å². The fourth-order valence-corrected chi connectivity index (χ4v) is 2.03. The van der Waals surface area contributed by atoms with Gasteiger partial charge in [0.25, 0.3) is 5.91 Å². The minimum Gasteiger partial charge on any atom is -0.326 e. The van der Waals surface area contributed by atoms with Crippen molar-refractivity contribution in [3.63, 3.8) is 0 Å². The summed E-state index contributed by atoms with van der Waals surface area (Å²) in [4.78, 5) is 34.0. The van der Waals surface area contributed by atoms with E-state index in [0.29, 0.717) is 0 Å². The third kappa shape index (κ3) is 3.57. The van der Waals surface area contributed by atoms with Gasteiger partial charge in [0.15, 0.2) is 0 Å². The van der Waals surface area contributed by atoms with Gasteiger partial charge in [-0.05, 0) is 30.5 Å². The van der Waals surface area contributed by atoms with Gasteiger partial charge in [-0.3, -0.25) is 14.9 Å². The molecule has 20 heavy (non-hydrogen) atoms. The molecule has 6 heteroatoms. The topological polar surface area (TPSA) is 87.3 Å². The summed E-state index contributed by atoms with van der Waals surface area (Å²) < 4.78 is 0. The Morgan fingerprint density at radius 1 is 1.35 bits per heavy atom. The van der Waals surface area contributed by atoms with Crippen molar-refractivity contribution in [1.82, 2.24) is 10.6 Å². The summed E-state index contributed by atoms with van der Waals surface area (Å²) in [5, 5.41) is 7.38. The highest BCUT2D eigenvalue weighted by atomic mass is 16.2. The summed E-state index contributed by atoms with van der Waals surface area (Å²) in [5.41, 5.74) is 1.89. The number of hydrogen-bond acceptors (Lipinski definition) is 3. The molecule has 0 bridgehead atoms. The summed E-state index contributed by atoms with van der Waals surface area (Å²) in [5.74, 6) is -0.553. The number of anilines is 1. The molecule has 0 radical (unpaired) electrons. The average Bonchev–Trinajstić information content (AvgIpc) is 2.75. The molecule has 4 amide bonds. The zero-order chi connectivity index (χ0) is 14.5. The Hall–Kier alpha value is -2.37. The van der Waals surface area contributed by atoms with Crippen LogP contribution in [0, 0.1) is 0 Å². The van der Waals surface area contributed by atoms with Gasteiger partial charge in [-0.1, -0.05) is 19.1 Å². The molecule has 2 rings (SSSR count). The lowest BCUT2D eigenvalue weighted by atomic mass is 10.1. The van der Waals surface area contributed by atoms with Gasteiger partial charge in [-0.2, -0.15) is 0 Å². The normalized spacial score (nSPS) is 17.6. The van der Waals surface area contributed by atoms with Crippen molar-refractivity contribution < 1.29 is 14.4 Å². The Kier molecular flexibility index (Phi) is 4.34. The number of hydrogen-bond donors (Lipinski definition) is 3. The van der Waals surface area contributed by atoms with Crippen molar-refractivity contribution >= 4 is 23.5 Å². The maximum Gasteiger partial charge on any atom is 0.322 e. The Morgan fingerprint density at radius 2 is 2.15 bits per heavy atom. The minimum absolute atomic E-state index is 0.174. The summed E-state index contributed by atoms with van der Waals surface area (Å²) in [6, 6.07) is 6.50. The monoisotopic (exact) mass is 275 g/mol. The van der Waals surface area contributed by atoms with E-state index in [1.54, 1.807) is 0 Å². The van der Waals surface area contributed by atoms with Gasteiger partial charge in [-0.15, -0.1) is 0 Å². The number of nitrogens with one attached hydrogen (secondary N) is 3. The van der Waals surface area contributed by atoms with Crippen molar-refractivity contribution in [1.29, 1.82) is 0 Å². The number of benzene rings is 1. The van der Waals surface area contributed by atoms with Gasteiger partial charge in [0, 0.05) is 12.1 Å². The third-order valence-corrected chi connectivity index (χ3v) is 3.14. The Balaban J connectivity index is 1.83. The standard InChI is InChI=1S/C14H17N3O3/c1-2-9-4-3-5-10(8-9)15-12(18)7-6-11-13(19)17-14(20)16-11/h3-5,8,11H,2,6-7H2,1H3,(H,15,18)(H2,16,17,19,20)/t11-/m0/s1. The highest BCUT2D eigenvalue weighted by Gasteiger charge is 2.29. The lowest BCUT2D eigenvalue weighted by molar-refractivity contribution is -0.120. The molecule has 1 aromatic rings. The molecule has 106 valence electrons. The van der Waals surface area contributed by atoms with E-state index in [4.69, 9.17) is 0 Å². The second-order valence-corrected chi connectivity index (χ2v) is 4.66. The van der Waals surface area contributed by atoms with E-state index in [-0.39, 0.29) is 24.7 Å². The largest absolute Gasteiger partial charge is 0.326 e. The van der Waals surface area contributed by atoms with Gasteiger partial charge >= 0.3 is 6.03 Å². The first-order valence-corrected chi connectivity index (χ1v) is 6.58. The van der Waals surface area contributed by atoms with Crippen LogP contribution in [-0.2, 0) is 16.0 Å². The van der Waals surface area contributed by atoms with Gasteiger partial charge in [-0.25, -0.2) is 4.79 Å². The number of carbonyl (C=O) groups excluding carboxylic acids is 3. The van der Waals surface area contributed by atoms with Crippen LogP contribution in [0.15, 0.2) is 24.3 Å². The molecule has 1 fully saturated rings. The van der Waals surface area contributed by atoms with E-state index in [2.05, 4.69) is 16.0 Å². The zero-order valence-electron chi connectivity index (χ0n) is 11.2.